The fourth-order valence-electron chi connectivity index (χ4n) is 3.31. The van der Waals surface area contributed by atoms with Crippen LogP contribution in [0.25, 0.3) is 17.0 Å². The van der Waals surface area contributed by atoms with E-state index in [-0.39, 0.29) is 18.4 Å². The number of esters is 1. The van der Waals surface area contributed by atoms with Gasteiger partial charge >= 0.3 is 5.97 Å². The normalized spacial score (nSPS) is 15.4. The molecule has 1 aliphatic heterocycles. The molecule has 0 spiro atoms. The first-order chi connectivity index (χ1) is 13.6. The van der Waals surface area contributed by atoms with E-state index in [1.165, 1.54) is 12.1 Å². The highest BCUT2D eigenvalue weighted by molar-refractivity contribution is 6.32. The van der Waals surface area contributed by atoms with Gasteiger partial charge in [-0.1, -0.05) is 36.4 Å². The summed E-state index contributed by atoms with van der Waals surface area (Å²) in [6, 6.07) is 17.1. The summed E-state index contributed by atoms with van der Waals surface area (Å²) >= 11 is 0. The Morgan fingerprint density at radius 2 is 1.82 bits per heavy atom. The van der Waals surface area contributed by atoms with Crippen LogP contribution in [-0.4, -0.2) is 29.3 Å². The monoisotopic (exact) mass is 373 g/mol. The lowest BCUT2D eigenvalue weighted by atomic mass is 10.1. The Hall–Kier alpha value is -3.67. The van der Waals surface area contributed by atoms with Crippen molar-refractivity contribution in [2.24, 2.45) is 5.10 Å². The van der Waals surface area contributed by atoms with E-state index < -0.39 is 0 Å². The Morgan fingerprint density at radius 3 is 2.57 bits per heavy atom. The maximum Gasteiger partial charge on any atom is 0.325 e. The number of para-hydroxylation sites is 2. The topological polar surface area (TPSA) is 63.9 Å². The van der Waals surface area contributed by atoms with E-state index in [9.17, 15) is 9.59 Å². The minimum absolute atomic E-state index is 0.108. The van der Waals surface area contributed by atoms with Gasteiger partial charge in [-0.25, -0.2) is 0 Å². The molecule has 2 heterocycles. The van der Waals surface area contributed by atoms with Crippen LogP contribution in [0, 0.1) is 0 Å². The number of methoxy groups -OCH3 is 1. The summed E-state index contributed by atoms with van der Waals surface area (Å²) in [6.07, 6.45) is 3.69. The van der Waals surface area contributed by atoms with Gasteiger partial charge in [-0.3, -0.25) is 9.59 Å². The molecule has 0 unspecified atom stereocenters. The van der Waals surface area contributed by atoms with Crippen molar-refractivity contribution in [3.8, 4) is 0 Å². The molecule has 6 nitrogen and oxygen atoms in total. The van der Waals surface area contributed by atoms with Crippen molar-refractivity contribution in [3.05, 3.63) is 71.9 Å². The van der Waals surface area contributed by atoms with Gasteiger partial charge in [-0.05, 0) is 31.2 Å². The Morgan fingerprint density at radius 1 is 1.11 bits per heavy atom. The van der Waals surface area contributed by atoms with Crippen molar-refractivity contribution in [3.63, 3.8) is 0 Å². The van der Waals surface area contributed by atoms with Crippen molar-refractivity contribution in [2.45, 2.75) is 13.5 Å². The number of hydrogen-bond acceptors (Lipinski definition) is 4. The minimum Gasteiger partial charge on any atom is -0.468 e. The van der Waals surface area contributed by atoms with Crippen LogP contribution >= 0.6 is 0 Å². The molecule has 2 aromatic carbocycles. The Kier molecular flexibility index (Phi) is 4.53. The minimum atomic E-state index is -0.329. The van der Waals surface area contributed by atoms with Crippen LogP contribution in [0.4, 0.5) is 5.69 Å². The second-order valence-electron chi connectivity index (χ2n) is 6.50. The number of amides is 1. The number of ether oxygens (including phenoxy) is 1. The van der Waals surface area contributed by atoms with Gasteiger partial charge in [-0.2, -0.15) is 10.1 Å². The highest BCUT2D eigenvalue weighted by Gasteiger charge is 2.29. The summed E-state index contributed by atoms with van der Waals surface area (Å²) < 4.78 is 6.62. The van der Waals surface area contributed by atoms with Gasteiger partial charge < -0.3 is 9.30 Å². The van der Waals surface area contributed by atoms with Gasteiger partial charge in [0.05, 0.1) is 24.1 Å². The molecule has 1 aliphatic rings. The second kappa shape index (κ2) is 7.15. The number of aromatic nitrogens is 1. The number of rotatable bonds is 4. The zero-order chi connectivity index (χ0) is 19.7. The molecular weight excluding hydrogens is 354 g/mol. The number of nitrogens with zero attached hydrogens (tertiary/aromatic N) is 3. The molecule has 4 rings (SSSR count). The van der Waals surface area contributed by atoms with E-state index in [1.54, 1.807) is 0 Å². The van der Waals surface area contributed by atoms with Crippen LogP contribution in [0.15, 0.2) is 71.5 Å². The van der Waals surface area contributed by atoms with E-state index in [0.29, 0.717) is 11.3 Å². The summed E-state index contributed by atoms with van der Waals surface area (Å²) in [5.74, 6) is -0.501. The molecule has 28 heavy (non-hydrogen) atoms. The molecule has 0 fully saturated rings. The van der Waals surface area contributed by atoms with Crippen molar-refractivity contribution in [2.75, 3.05) is 12.1 Å². The largest absolute Gasteiger partial charge is 0.468 e. The summed E-state index contributed by atoms with van der Waals surface area (Å²) in [4.78, 5) is 24.7. The SMILES string of the molecule is COC(=O)Cn1cc(C=C2C(=O)N(c3ccccc3)N=C2C)c2ccccc21. The lowest BCUT2D eigenvalue weighted by molar-refractivity contribution is -0.141. The summed E-state index contributed by atoms with van der Waals surface area (Å²) in [6.45, 7) is 1.93. The lowest BCUT2D eigenvalue weighted by Crippen LogP contribution is -2.21. The van der Waals surface area contributed by atoms with Crippen molar-refractivity contribution in [1.29, 1.82) is 0 Å². The number of anilines is 1. The summed E-state index contributed by atoms with van der Waals surface area (Å²) in [7, 11) is 1.37. The maximum atomic E-state index is 12.9. The fourth-order valence-corrected chi connectivity index (χ4v) is 3.31. The van der Waals surface area contributed by atoms with Gasteiger partial charge in [0.25, 0.3) is 5.91 Å². The van der Waals surface area contributed by atoms with Gasteiger partial charge in [0.2, 0.25) is 0 Å². The zero-order valence-corrected chi connectivity index (χ0v) is 15.6. The third-order valence-corrected chi connectivity index (χ3v) is 4.71. The standard InChI is InChI=1S/C22H19N3O3/c1-15-19(22(27)25(23-15)17-8-4-3-5-9-17)12-16-13-24(14-21(26)28-2)20-11-7-6-10-18(16)20/h3-13H,14H2,1-2H3. The van der Waals surface area contributed by atoms with Crippen LogP contribution in [0.2, 0.25) is 0 Å². The van der Waals surface area contributed by atoms with Crippen LogP contribution < -0.4 is 5.01 Å². The second-order valence-corrected chi connectivity index (χ2v) is 6.50. The number of hydrogen-bond donors (Lipinski definition) is 0. The smallest absolute Gasteiger partial charge is 0.325 e. The number of fused-ring (bicyclic) bond motifs is 1. The average Bonchev–Trinajstić information content (AvgIpc) is 3.21. The third-order valence-electron chi connectivity index (χ3n) is 4.71. The van der Waals surface area contributed by atoms with Crippen LogP contribution in [0.3, 0.4) is 0 Å². The number of carbonyl (C=O) groups excluding carboxylic acids is 2. The van der Waals surface area contributed by atoms with Crippen LogP contribution in [-0.2, 0) is 20.9 Å². The predicted molar refractivity (Wildman–Crippen MR) is 109 cm³/mol. The van der Waals surface area contributed by atoms with Crippen molar-refractivity contribution >= 4 is 40.3 Å². The molecule has 0 atom stereocenters. The van der Waals surface area contributed by atoms with Gasteiger partial charge in [-0.15, -0.1) is 0 Å². The highest BCUT2D eigenvalue weighted by Crippen LogP contribution is 2.28. The van der Waals surface area contributed by atoms with Gasteiger partial charge in [0.15, 0.2) is 0 Å². The molecule has 0 saturated carbocycles. The van der Waals surface area contributed by atoms with E-state index >= 15 is 0 Å². The zero-order valence-electron chi connectivity index (χ0n) is 15.6. The fraction of sp³-hybridized carbons (Fsp3) is 0.136. The van der Waals surface area contributed by atoms with Gasteiger partial charge in [0, 0.05) is 22.7 Å². The molecule has 6 heteroatoms. The van der Waals surface area contributed by atoms with E-state index in [1.807, 2.05) is 78.4 Å². The molecule has 0 saturated heterocycles. The number of benzene rings is 2. The summed E-state index contributed by atoms with van der Waals surface area (Å²) in [5.41, 5.74) is 3.67. The molecule has 0 aliphatic carbocycles. The lowest BCUT2D eigenvalue weighted by Gasteiger charge is -2.10. The highest BCUT2D eigenvalue weighted by atomic mass is 16.5. The Bertz CT molecular complexity index is 1130. The first-order valence-electron chi connectivity index (χ1n) is 8.90. The molecule has 0 bridgehead atoms. The first kappa shape index (κ1) is 17.7. The molecule has 0 radical (unpaired) electrons. The third kappa shape index (κ3) is 3.09. The van der Waals surface area contributed by atoms with Crippen LogP contribution in [0.5, 0.6) is 0 Å². The molecule has 0 N–H and O–H groups in total. The molecular formula is C22H19N3O3. The first-order valence-corrected chi connectivity index (χ1v) is 8.90. The Labute approximate surface area is 162 Å². The maximum absolute atomic E-state index is 12.9. The van der Waals surface area contributed by atoms with E-state index in [4.69, 9.17) is 4.74 Å². The summed E-state index contributed by atoms with van der Waals surface area (Å²) in [5, 5.41) is 6.78. The molecule has 1 amide bonds. The van der Waals surface area contributed by atoms with Crippen LogP contribution in [0.1, 0.15) is 12.5 Å². The van der Waals surface area contributed by atoms with Crippen molar-refractivity contribution < 1.29 is 14.3 Å². The number of hydrazone groups is 1. The van der Waals surface area contributed by atoms with E-state index in [2.05, 4.69) is 5.10 Å². The number of carbonyl (C=O) groups is 2. The quantitative estimate of drug-likeness (QED) is 0.518. The van der Waals surface area contributed by atoms with Crippen molar-refractivity contribution in [1.82, 2.24) is 4.57 Å². The Balaban J connectivity index is 1.75. The average molecular weight is 373 g/mol. The molecule has 3 aromatic rings. The van der Waals surface area contributed by atoms with Gasteiger partial charge in [0.1, 0.15) is 6.54 Å². The predicted octanol–water partition coefficient (Wildman–Crippen LogP) is 3.62. The molecule has 1 aromatic heterocycles. The van der Waals surface area contributed by atoms with E-state index in [0.717, 1.165) is 22.2 Å². The molecule has 140 valence electrons.